The molecule has 19 heavy (non-hydrogen) atoms. The number of carbonyl (C=O) groups excluding carboxylic acids is 1. The van der Waals surface area contributed by atoms with Gasteiger partial charge in [-0.2, -0.15) is 0 Å². The molecule has 0 saturated heterocycles. The predicted molar refractivity (Wildman–Crippen MR) is 65.5 cm³/mol. The number of rotatable bonds is 5. The number of non-ortho nitro benzene ring substituents is 1. The van der Waals surface area contributed by atoms with E-state index in [0.717, 1.165) is 0 Å². The molecule has 0 radical (unpaired) electrons. The lowest BCUT2D eigenvalue weighted by atomic mass is 10.2. The Kier molecular flexibility index (Phi) is 4.96. The molecule has 0 fully saturated rings. The SMILES string of the molecule is CC(C)(C)OOCC(=O)Oc1ccc([N+](=O)[O-])cc1. The quantitative estimate of drug-likeness (QED) is 0.268. The number of nitro benzene ring substituents is 1. The molecule has 104 valence electrons. The minimum atomic E-state index is -0.655. The maximum absolute atomic E-state index is 11.4. The second-order valence-electron chi connectivity index (χ2n) is 4.68. The molecule has 1 rings (SSSR count). The van der Waals surface area contributed by atoms with E-state index in [0.29, 0.717) is 0 Å². The summed E-state index contributed by atoms with van der Waals surface area (Å²) < 4.78 is 4.90. The molecule has 7 nitrogen and oxygen atoms in total. The monoisotopic (exact) mass is 269 g/mol. The molecule has 0 atom stereocenters. The standard InChI is InChI=1S/C12H15NO6/c1-12(2,3)19-17-8-11(14)18-10-6-4-9(5-7-10)13(15)16/h4-7H,8H2,1-3H3. The molecule has 0 amide bonds. The summed E-state index contributed by atoms with van der Waals surface area (Å²) in [5, 5.41) is 10.4. The number of benzene rings is 1. The fourth-order valence-corrected chi connectivity index (χ4v) is 1.05. The Balaban J connectivity index is 2.42. The number of nitrogens with zero attached hydrogens (tertiary/aromatic N) is 1. The second kappa shape index (κ2) is 6.26. The third kappa shape index (κ3) is 5.94. The number of hydrogen-bond acceptors (Lipinski definition) is 6. The Labute approximate surface area is 110 Å². The van der Waals surface area contributed by atoms with Crippen LogP contribution in [0.2, 0.25) is 0 Å². The minimum absolute atomic E-state index is 0.0767. The largest absolute Gasteiger partial charge is 0.425 e. The molecule has 0 bridgehead atoms. The van der Waals surface area contributed by atoms with Gasteiger partial charge in [-0.25, -0.2) is 14.6 Å². The van der Waals surface area contributed by atoms with E-state index in [-0.39, 0.29) is 18.0 Å². The van der Waals surface area contributed by atoms with Gasteiger partial charge in [0, 0.05) is 12.1 Å². The van der Waals surface area contributed by atoms with Crippen molar-refractivity contribution in [2.75, 3.05) is 6.61 Å². The van der Waals surface area contributed by atoms with E-state index in [9.17, 15) is 14.9 Å². The summed E-state index contributed by atoms with van der Waals surface area (Å²) in [5.74, 6) is -0.451. The van der Waals surface area contributed by atoms with Crippen LogP contribution in [0.25, 0.3) is 0 Å². The molecule has 0 N–H and O–H groups in total. The third-order valence-corrected chi connectivity index (χ3v) is 1.76. The van der Waals surface area contributed by atoms with Gasteiger partial charge in [-0.3, -0.25) is 10.1 Å². The van der Waals surface area contributed by atoms with Crippen LogP contribution in [0.1, 0.15) is 20.8 Å². The first-order valence-electron chi connectivity index (χ1n) is 5.54. The molecule has 0 aliphatic heterocycles. The Hall–Kier alpha value is -1.99. The molecule has 1 aromatic rings. The molecule has 0 aliphatic carbocycles. The molecular weight excluding hydrogens is 254 g/mol. The van der Waals surface area contributed by atoms with Crippen LogP contribution in [0.5, 0.6) is 5.75 Å². The molecule has 0 saturated carbocycles. The first-order valence-corrected chi connectivity index (χ1v) is 5.54. The lowest BCUT2D eigenvalue weighted by molar-refractivity contribution is -0.384. The van der Waals surface area contributed by atoms with Gasteiger partial charge in [0.05, 0.1) is 10.5 Å². The molecule has 0 heterocycles. The normalized spacial score (nSPS) is 11.1. The molecule has 0 unspecified atom stereocenters. The number of hydrogen-bond donors (Lipinski definition) is 0. The average molecular weight is 269 g/mol. The summed E-state index contributed by atoms with van der Waals surface area (Å²) >= 11 is 0. The van der Waals surface area contributed by atoms with Gasteiger partial charge in [0.2, 0.25) is 0 Å². The lowest BCUT2D eigenvalue weighted by Crippen LogP contribution is -2.23. The number of carbonyl (C=O) groups is 1. The van der Waals surface area contributed by atoms with Crippen molar-refractivity contribution in [1.82, 2.24) is 0 Å². The Bertz CT molecular complexity index is 448. The molecule has 7 heteroatoms. The summed E-state index contributed by atoms with van der Waals surface area (Å²) in [5.41, 5.74) is -0.597. The summed E-state index contributed by atoms with van der Waals surface area (Å²) in [6.07, 6.45) is 0. The van der Waals surface area contributed by atoms with E-state index in [1.165, 1.54) is 24.3 Å². The van der Waals surface area contributed by atoms with Gasteiger partial charge in [-0.15, -0.1) is 0 Å². The second-order valence-corrected chi connectivity index (χ2v) is 4.68. The number of nitro groups is 1. The summed E-state index contributed by atoms with van der Waals surface area (Å²) in [6, 6.07) is 5.16. The van der Waals surface area contributed by atoms with Crippen LogP contribution in [0, 0.1) is 10.1 Å². The Morgan fingerprint density at radius 2 is 1.84 bits per heavy atom. The maximum atomic E-state index is 11.4. The molecule has 0 aliphatic rings. The minimum Gasteiger partial charge on any atom is -0.425 e. The highest BCUT2D eigenvalue weighted by molar-refractivity contribution is 5.73. The van der Waals surface area contributed by atoms with Gasteiger partial charge in [0.1, 0.15) is 5.75 Å². The van der Waals surface area contributed by atoms with Gasteiger partial charge < -0.3 is 4.74 Å². The number of esters is 1. The highest BCUT2D eigenvalue weighted by Crippen LogP contribution is 2.17. The molecular formula is C12H15NO6. The first kappa shape index (κ1) is 15.1. The van der Waals surface area contributed by atoms with Crippen LogP contribution >= 0.6 is 0 Å². The van der Waals surface area contributed by atoms with E-state index < -0.39 is 16.5 Å². The van der Waals surface area contributed by atoms with Crippen molar-refractivity contribution in [1.29, 1.82) is 0 Å². The third-order valence-electron chi connectivity index (χ3n) is 1.76. The van der Waals surface area contributed by atoms with Crippen molar-refractivity contribution in [3.05, 3.63) is 34.4 Å². The van der Waals surface area contributed by atoms with E-state index in [2.05, 4.69) is 0 Å². The fraction of sp³-hybridized carbons (Fsp3) is 0.417. The van der Waals surface area contributed by atoms with Gasteiger partial charge in [-0.1, -0.05) is 0 Å². The van der Waals surface area contributed by atoms with Crippen molar-refractivity contribution in [2.45, 2.75) is 26.4 Å². The topological polar surface area (TPSA) is 87.9 Å². The van der Waals surface area contributed by atoms with Crippen LogP contribution in [-0.4, -0.2) is 23.1 Å². The zero-order chi connectivity index (χ0) is 14.5. The highest BCUT2D eigenvalue weighted by atomic mass is 17.2. The van der Waals surface area contributed by atoms with Crippen LogP contribution < -0.4 is 4.74 Å². The van der Waals surface area contributed by atoms with Crippen LogP contribution in [-0.2, 0) is 14.6 Å². The molecule has 1 aromatic carbocycles. The zero-order valence-corrected chi connectivity index (χ0v) is 10.9. The van der Waals surface area contributed by atoms with Crippen molar-refractivity contribution < 1.29 is 24.2 Å². The van der Waals surface area contributed by atoms with Crippen molar-refractivity contribution in [3.8, 4) is 5.75 Å². The Morgan fingerprint density at radius 1 is 1.26 bits per heavy atom. The van der Waals surface area contributed by atoms with E-state index in [1.807, 2.05) is 0 Å². The van der Waals surface area contributed by atoms with Crippen LogP contribution in [0.15, 0.2) is 24.3 Å². The van der Waals surface area contributed by atoms with E-state index in [1.54, 1.807) is 20.8 Å². The first-order chi connectivity index (χ1) is 8.78. The molecule has 0 aromatic heterocycles. The smallest absolute Gasteiger partial charge is 0.340 e. The van der Waals surface area contributed by atoms with Gasteiger partial charge in [0.15, 0.2) is 6.61 Å². The summed E-state index contributed by atoms with van der Waals surface area (Å²) in [7, 11) is 0. The van der Waals surface area contributed by atoms with Crippen molar-refractivity contribution in [3.63, 3.8) is 0 Å². The van der Waals surface area contributed by atoms with Crippen LogP contribution in [0.3, 0.4) is 0 Å². The fourth-order valence-electron chi connectivity index (χ4n) is 1.05. The van der Waals surface area contributed by atoms with Gasteiger partial charge in [-0.05, 0) is 32.9 Å². The van der Waals surface area contributed by atoms with Crippen molar-refractivity contribution in [2.24, 2.45) is 0 Å². The Morgan fingerprint density at radius 3 is 2.32 bits per heavy atom. The predicted octanol–water partition coefficient (Wildman–Crippen LogP) is 2.25. The maximum Gasteiger partial charge on any atom is 0.340 e. The number of ether oxygens (including phenoxy) is 1. The zero-order valence-electron chi connectivity index (χ0n) is 10.9. The van der Waals surface area contributed by atoms with Gasteiger partial charge in [0.25, 0.3) is 5.69 Å². The lowest BCUT2D eigenvalue weighted by Gasteiger charge is -2.16. The summed E-state index contributed by atoms with van der Waals surface area (Å²) in [6.45, 7) is 4.95. The average Bonchev–Trinajstić information content (AvgIpc) is 2.27. The molecule has 0 spiro atoms. The summed E-state index contributed by atoms with van der Waals surface area (Å²) in [4.78, 5) is 30.9. The van der Waals surface area contributed by atoms with Crippen LogP contribution in [0.4, 0.5) is 5.69 Å². The van der Waals surface area contributed by atoms with E-state index in [4.69, 9.17) is 14.5 Å². The van der Waals surface area contributed by atoms with E-state index >= 15 is 0 Å². The highest BCUT2D eigenvalue weighted by Gasteiger charge is 2.14. The van der Waals surface area contributed by atoms with Gasteiger partial charge >= 0.3 is 5.97 Å². The van der Waals surface area contributed by atoms with Crippen molar-refractivity contribution >= 4 is 11.7 Å².